The van der Waals surface area contributed by atoms with E-state index in [1.165, 1.54) is 0 Å². The Kier molecular flexibility index (Phi) is 5.65. The van der Waals surface area contributed by atoms with Gasteiger partial charge in [0, 0.05) is 6.04 Å². The molecule has 0 aliphatic heterocycles. The van der Waals surface area contributed by atoms with Crippen LogP contribution >= 0.6 is 0 Å². The molecule has 1 aromatic rings. The van der Waals surface area contributed by atoms with Gasteiger partial charge in [-0.05, 0) is 38.9 Å². The molecular formula is C14H22N2O2. The minimum Gasteiger partial charge on any atom is -0.496 e. The number of amides is 1. The Balaban J connectivity index is 2.59. The highest BCUT2D eigenvalue weighted by atomic mass is 16.5. The summed E-state index contributed by atoms with van der Waals surface area (Å²) in [6.45, 7) is 3.83. The van der Waals surface area contributed by atoms with Gasteiger partial charge in [0.2, 0.25) is 5.91 Å². The maximum absolute atomic E-state index is 11.7. The molecule has 0 heterocycles. The Labute approximate surface area is 109 Å². The standard InChI is InChI=1S/C14H22N2O2/c1-10(16-14(17)11(2)15-3)9-12-7-5-6-8-13(12)18-4/h5-8,10-11,15H,9H2,1-4H3,(H,16,17). The molecule has 0 radical (unpaired) electrons. The highest BCUT2D eigenvalue weighted by Gasteiger charge is 2.14. The number of likely N-dealkylation sites (N-methyl/N-ethyl adjacent to an activating group) is 1. The monoisotopic (exact) mass is 250 g/mol. The van der Waals surface area contributed by atoms with Crippen LogP contribution in [0, 0.1) is 0 Å². The Morgan fingerprint density at radius 2 is 2.00 bits per heavy atom. The average molecular weight is 250 g/mol. The van der Waals surface area contributed by atoms with Crippen molar-refractivity contribution in [2.45, 2.75) is 32.4 Å². The van der Waals surface area contributed by atoms with E-state index in [9.17, 15) is 4.79 Å². The predicted octanol–water partition coefficient (Wildman–Crippen LogP) is 1.35. The fourth-order valence-corrected chi connectivity index (χ4v) is 1.75. The van der Waals surface area contributed by atoms with Crippen LogP contribution in [-0.2, 0) is 11.2 Å². The second-order valence-corrected chi connectivity index (χ2v) is 4.44. The number of hydrogen-bond acceptors (Lipinski definition) is 3. The van der Waals surface area contributed by atoms with E-state index in [0.717, 1.165) is 17.7 Å². The third-order valence-corrected chi connectivity index (χ3v) is 2.93. The normalized spacial score (nSPS) is 13.8. The summed E-state index contributed by atoms with van der Waals surface area (Å²) in [7, 11) is 3.43. The van der Waals surface area contributed by atoms with Crippen LogP contribution < -0.4 is 15.4 Å². The number of rotatable bonds is 6. The fraction of sp³-hybridized carbons (Fsp3) is 0.500. The molecule has 0 saturated heterocycles. The number of carbonyl (C=O) groups excluding carboxylic acids is 1. The van der Waals surface area contributed by atoms with Crippen molar-refractivity contribution in [2.24, 2.45) is 0 Å². The molecule has 4 heteroatoms. The lowest BCUT2D eigenvalue weighted by atomic mass is 10.1. The molecule has 0 spiro atoms. The molecule has 18 heavy (non-hydrogen) atoms. The molecule has 0 aliphatic carbocycles. The molecular weight excluding hydrogens is 228 g/mol. The van der Waals surface area contributed by atoms with Crippen molar-refractivity contribution in [2.75, 3.05) is 14.2 Å². The van der Waals surface area contributed by atoms with Crippen LogP contribution in [0.15, 0.2) is 24.3 Å². The van der Waals surface area contributed by atoms with Crippen molar-refractivity contribution in [3.63, 3.8) is 0 Å². The van der Waals surface area contributed by atoms with Gasteiger partial charge in [0.05, 0.1) is 13.2 Å². The SMILES string of the molecule is CNC(C)C(=O)NC(C)Cc1ccccc1OC. The molecule has 4 nitrogen and oxygen atoms in total. The molecule has 0 aromatic heterocycles. The van der Waals surface area contributed by atoms with Gasteiger partial charge in [-0.1, -0.05) is 18.2 Å². The molecule has 2 unspecified atom stereocenters. The van der Waals surface area contributed by atoms with Crippen molar-refractivity contribution < 1.29 is 9.53 Å². The Hall–Kier alpha value is -1.55. The van der Waals surface area contributed by atoms with Gasteiger partial charge in [0.15, 0.2) is 0 Å². The van der Waals surface area contributed by atoms with Gasteiger partial charge in [-0.3, -0.25) is 4.79 Å². The highest BCUT2D eigenvalue weighted by molar-refractivity contribution is 5.81. The summed E-state index contributed by atoms with van der Waals surface area (Å²) in [5.74, 6) is 0.875. The van der Waals surface area contributed by atoms with E-state index in [1.54, 1.807) is 14.2 Å². The lowest BCUT2D eigenvalue weighted by Gasteiger charge is -2.18. The Bertz CT molecular complexity index is 393. The average Bonchev–Trinajstić information content (AvgIpc) is 2.38. The maximum Gasteiger partial charge on any atom is 0.237 e. The molecule has 100 valence electrons. The van der Waals surface area contributed by atoms with Gasteiger partial charge in [-0.25, -0.2) is 0 Å². The first-order chi connectivity index (χ1) is 8.58. The second kappa shape index (κ2) is 7.01. The zero-order valence-corrected chi connectivity index (χ0v) is 11.5. The number of ether oxygens (including phenoxy) is 1. The number of benzene rings is 1. The lowest BCUT2D eigenvalue weighted by molar-refractivity contribution is -0.123. The fourth-order valence-electron chi connectivity index (χ4n) is 1.75. The van der Waals surface area contributed by atoms with E-state index in [1.807, 2.05) is 38.1 Å². The zero-order valence-electron chi connectivity index (χ0n) is 11.5. The molecule has 0 saturated carbocycles. The topological polar surface area (TPSA) is 50.4 Å². The maximum atomic E-state index is 11.7. The van der Waals surface area contributed by atoms with Gasteiger partial charge in [-0.15, -0.1) is 0 Å². The summed E-state index contributed by atoms with van der Waals surface area (Å²) in [5.41, 5.74) is 1.10. The molecule has 0 aliphatic rings. The summed E-state index contributed by atoms with van der Waals surface area (Å²) in [6, 6.07) is 7.76. The van der Waals surface area contributed by atoms with Crippen LogP contribution in [0.4, 0.5) is 0 Å². The predicted molar refractivity (Wildman–Crippen MR) is 72.8 cm³/mol. The van der Waals surface area contributed by atoms with Crippen molar-refractivity contribution in [1.82, 2.24) is 10.6 Å². The smallest absolute Gasteiger partial charge is 0.237 e. The van der Waals surface area contributed by atoms with Crippen molar-refractivity contribution in [3.8, 4) is 5.75 Å². The number of carbonyl (C=O) groups is 1. The van der Waals surface area contributed by atoms with Gasteiger partial charge in [0.1, 0.15) is 5.75 Å². The molecule has 0 fully saturated rings. The van der Waals surface area contributed by atoms with Gasteiger partial charge < -0.3 is 15.4 Å². The largest absolute Gasteiger partial charge is 0.496 e. The van der Waals surface area contributed by atoms with E-state index in [-0.39, 0.29) is 18.0 Å². The van der Waals surface area contributed by atoms with Crippen LogP contribution in [0.5, 0.6) is 5.75 Å². The number of para-hydroxylation sites is 1. The van der Waals surface area contributed by atoms with E-state index < -0.39 is 0 Å². The highest BCUT2D eigenvalue weighted by Crippen LogP contribution is 2.18. The summed E-state index contributed by atoms with van der Waals surface area (Å²) in [4.78, 5) is 11.7. The Morgan fingerprint density at radius 3 is 2.61 bits per heavy atom. The molecule has 2 N–H and O–H groups in total. The van der Waals surface area contributed by atoms with Gasteiger partial charge in [-0.2, -0.15) is 0 Å². The molecule has 0 bridgehead atoms. The van der Waals surface area contributed by atoms with Crippen LogP contribution in [0.2, 0.25) is 0 Å². The van der Waals surface area contributed by atoms with E-state index in [4.69, 9.17) is 4.74 Å². The number of methoxy groups -OCH3 is 1. The molecule has 1 aromatic carbocycles. The third kappa shape index (κ3) is 4.04. The lowest BCUT2D eigenvalue weighted by Crippen LogP contribution is -2.44. The van der Waals surface area contributed by atoms with E-state index in [2.05, 4.69) is 10.6 Å². The van der Waals surface area contributed by atoms with Crippen LogP contribution in [0.3, 0.4) is 0 Å². The van der Waals surface area contributed by atoms with Crippen LogP contribution in [0.1, 0.15) is 19.4 Å². The summed E-state index contributed by atoms with van der Waals surface area (Å²) < 4.78 is 5.29. The second-order valence-electron chi connectivity index (χ2n) is 4.44. The molecule has 2 atom stereocenters. The van der Waals surface area contributed by atoms with Gasteiger partial charge in [0.25, 0.3) is 0 Å². The van der Waals surface area contributed by atoms with Crippen molar-refractivity contribution in [1.29, 1.82) is 0 Å². The summed E-state index contributed by atoms with van der Waals surface area (Å²) >= 11 is 0. The Morgan fingerprint density at radius 1 is 1.33 bits per heavy atom. The minimum absolute atomic E-state index is 0.0138. The van der Waals surface area contributed by atoms with Crippen molar-refractivity contribution in [3.05, 3.63) is 29.8 Å². The van der Waals surface area contributed by atoms with E-state index >= 15 is 0 Å². The van der Waals surface area contributed by atoms with Crippen LogP contribution in [-0.4, -0.2) is 32.1 Å². The minimum atomic E-state index is -0.176. The summed E-state index contributed by atoms with van der Waals surface area (Å²) in [5, 5.41) is 5.89. The number of nitrogens with one attached hydrogen (secondary N) is 2. The first-order valence-electron chi connectivity index (χ1n) is 6.18. The van der Waals surface area contributed by atoms with E-state index in [0.29, 0.717) is 0 Å². The first kappa shape index (κ1) is 14.5. The molecule has 1 rings (SSSR count). The molecule has 1 amide bonds. The van der Waals surface area contributed by atoms with Crippen molar-refractivity contribution >= 4 is 5.91 Å². The first-order valence-corrected chi connectivity index (χ1v) is 6.18. The quantitative estimate of drug-likeness (QED) is 0.801. The summed E-state index contributed by atoms with van der Waals surface area (Å²) in [6.07, 6.45) is 0.756. The third-order valence-electron chi connectivity index (χ3n) is 2.93. The van der Waals surface area contributed by atoms with Crippen LogP contribution in [0.25, 0.3) is 0 Å². The van der Waals surface area contributed by atoms with Gasteiger partial charge >= 0.3 is 0 Å². The number of hydrogen-bond donors (Lipinski definition) is 2. The zero-order chi connectivity index (χ0) is 13.5.